The van der Waals surface area contributed by atoms with Crippen LogP contribution in [-0.4, -0.2) is 42.4 Å². The number of H-pyrrole nitrogens is 1. The van der Waals surface area contributed by atoms with Crippen LogP contribution in [0.1, 0.15) is 5.56 Å². The molecule has 7 nitrogen and oxygen atoms in total. The second kappa shape index (κ2) is 8.00. The highest BCUT2D eigenvalue weighted by Gasteiger charge is 2.17. The molecule has 0 aliphatic heterocycles. The van der Waals surface area contributed by atoms with Gasteiger partial charge in [0, 0.05) is 5.56 Å². The molecule has 27 heavy (non-hydrogen) atoms. The molecule has 1 heterocycles. The number of aromatic amines is 1. The number of nitrogens with zero attached hydrogens (tertiary/aromatic N) is 3. The van der Waals surface area contributed by atoms with E-state index in [0.29, 0.717) is 33.4 Å². The molecule has 0 atom stereocenters. The summed E-state index contributed by atoms with van der Waals surface area (Å²) >= 11 is 5.26. The van der Waals surface area contributed by atoms with E-state index in [1.54, 1.807) is 30.5 Å². The fraction of sp³-hybridized carbons (Fsp3) is 0.167. The Bertz CT molecular complexity index is 1000. The maximum absolute atomic E-state index is 13.0. The van der Waals surface area contributed by atoms with Gasteiger partial charge < -0.3 is 14.2 Å². The van der Waals surface area contributed by atoms with Crippen molar-refractivity contribution in [2.24, 2.45) is 5.10 Å². The molecular formula is C18H17FN4O3S. The summed E-state index contributed by atoms with van der Waals surface area (Å²) in [4.78, 5) is 0. The zero-order valence-electron chi connectivity index (χ0n) is 14.9. The average Bonchev–Trinajstić information content (AvgIpc) is 3.06. The van der Waals surface area contributed by atoms with Gasteiger partial charge in [0.05, 0.1) is 27.5 Å². The van der Waals surface area contributed by atoms with Gasteiger partial charge in [-0.3, -0.25) is 0 Å². The van der Waals surface area contributed by atoms with Crippen molar-refractivity contribution in [2.45, 2.75) is 0 Å². The van der Waals surface area contributed by atoms with Gasteiger partial charge >= 0.3 is 0 Å². The topological polar surface area (TPSA) is 73.7 Å². The molecule has 140 valence electrons. The molecule has 0 amide bonds. The van der Waals surface area contributed by atoms with Gasteiger partial charge in [-0.2, -0.15) is 14.9 Å². The number of nitrogens with one attached hydrogen (secondary N) is 1. The highest BCUT2D eigenvalue weighted by Crippen LogP contribution is 2.40. The molecule has 0 fully saturated rings. The summed E-state index contributed by atoms with van der Waals surface area (Å²) in [5, 5.41) is 11.3. The standard InChI is InChI=1S/C18H17FN4O3S/c1-24-14-8-12(9-15(25-2)16(14)26-3)17-21-22-18(27)23(17)20-10-11-4-6-13(19)7-5-11/h4-10H,1-3H3,(H,22,27). The minimum atomic E-state index is -0.315. The van der Waals surface area contributed by atoms with E-state index in [0.717, 1.165) is 5.56 Å². The van der Waals surface area contributed by atoms with Crippen LogP contribution in [-0.2, 0) is 0 Å². The Kier molecular flexibility index (Phi) is 5.51. The van der Waals surface area contributed by atoms with Crippen molar-refractivity contribution in [3.05, 3.63) is 52.5 Å². The predicted molar refractivity (Wildman–Crippen MR) is 102 cm³/mol. The Morgan fingerprint density at radius 2 is 1.70 bits per heavy atom. The molecule has 0 saturated carbocycles. The molecule has 0 saturated heterocycles. The number of ether oxygens (including phenoxy) is 3. The summed E-state index contributed by atoms with van der Waals surface area (Å²) in [7, 11) is 4.60. The van der Waals surface area contributed by atoms with Crippen molar-refractivity contribution in [3.8, 4) is 28.6 Å². The van der Waals surface area contributed by atoms with Gasteiger partial charge in [-0.1, -0.05) is 12.1 Å². The van der Waals surface area contributed by atoms with Gasteiger partial charge in [0.25, 0.3) is 0 Å². The second-order valence-corrected chi connectivity index (χ2v) is 5.76. The largest absolute Gasteiger partial charge is 0.493 e. The SMILES string of the molecule is COc1cc(-c2n[nH]c(=S)n2N=Cc2ccc(F)cc2)cc(OC)c1OC. The van der Waals surface area contributed by atoms with E-state index in [1.165, 1.54) is 38.1 Å². The first-order chi connectivity index (χ1) is 13.1. The molecule has 0 bridgehead atoms. The van der Waals surface area contributed by atoms with Gasteiger partial charge in [0.2, 0.25) is 10.5 Å². The fourth-order valence-electron chi connectivity index (χ4n) is 2.47. The number of hydrogen-bond acceptors (Lipinski definition) is 6. The molecule has 0 aliphatic rings. The lowest BCUT2D eigenvalue weighted by atomic mass is 10.1. The third-order valence-corrected chi connectivity index (χ3v) is 4.03. The quantitative estimate of drug-likeness (QED) is 0.515. The molecule has 1 aromatic heterocycles. The van der Waals surface area contributed by atoms with E-state index in [2.05, 4.69) is 15.3 Å². The third kappa shape index (κ3) is 3.82. The molecule has 0 unspecified atom stereocenters. The number of halogens is 1. The molecule has 1 N–H and O–H groups in total. The highest BCUT2D eigenvalue weighted by molar-refractivity contribution is 7.71. The van der Waals surface area contributed by atoms with Crippen molar-refractivity contribution < 1.29 is 18.6 Å². The number of hydrogen-bond donors (Lipinski definition) is 1. The maximum Gasteiger partial charge on any atom is 0.216 e. The van der Waals surface area contributed by atoms with Crippen LogP contribution in [0.3, 0.4) is 0 Å². The van der Waals surface area contributed by atoms with E-state index in [4.69, 9.17) is 26.4 Å². The molecule has 9 heteroatoms. The smallest absolute Gasteiger partial charge is 0.216 e. The lowest BCUT2D eigenvalue weighted by Crippen LogP contribution is -1.99. The molecule has 2 aromatic carbocycles. The van der Waals surface area contributed by atoms with Crippen LogP contribution in [0.4, 0.5) is 4.39 Å². The molecule has 0 aliphatic carbocycles. The van der Waals surface area contributed by atoms with Crippen LogP contribution in [0.15, 0.2) is 41.5 Å². The third-order valence-electron chi connectivity index (χ3n) is 3.77. The summed E-state index contributed by atoms with van der Waals surface area (Å²) < 4.78 is 30.9. The predicted octanol–water partition coefficient (Wildman–Crippen LogP) is 3.65. The first kappa shape index (κ1) is 18.6. The molecule has 3 rings (SSSR count). The van der Waals surface area contributed by atoms with Gasteiger partial charge in [-0.25, -0.2) is 9.49 Å². The lowest BCUT2D eigenvalue weighted by molar-refractivity contribution is 0.324. The number of methoxy groups -OCH3 is 3. The average molecular weight is 388 g/mol. The van der Waals surface area contributed by atoms with Crippen molar-refractivity contribution in [2.75, 3.05) is 21.3 Å². The highest BCUT2D eigenvalue weighted by atomic mass is 32.1. The monoisotopic (exact) mass is 388 g/mol. The first-order valence-corrected chi connectivity index (χ1v) is 8.26. The van der Waals surface area contributed by atoms with Crippen LogP contribution in [0.5, 0.6) is 17.2 Å². The Labute approximate surface area is 160 Å². The molecule has 3 aromatic rings. The Balaban J connectivity index is 2.06. The van der Waals surface area contributed by atoms with E-state index < -0.39 is 0 Å². The minimum absolute atomic E-state index is 0.303. The fourth-order valence-corrected chi connectivity index (χ4v) is 2.65. The number of rotatable bonds is 6. The van der Waals surface area contributed by atoms with Crippen LogP contribution < -0.4 is 14.2 Å². The van der Waals surface area contributed by atoms with Crippen LogP contribution in [0.25, 0.3) is 11.4 Å². The summed E-state index contributed by atoms with van der Waals surface area (Å²) in [6, 6.07) is 9.43. The van der Waals surface area contributed by atoms with Crippen molar-refractivity contribution in [1.29, 1.82) is 0 Å². The van der Waals surface area contributed by atoms with Crippen molar-refractivity contribution in [1.82, 2.24) is 14.9 Å². The van der Waals surface area contributed by atoms with Crippen molar-refractivity contribution >= 4 is 18.4 Å². The summed E-state index contributed by atoms with van der Waals surface area (Å²) in [5.41, 5.74) is 1.38. The zero-order valence-corrected chi connectivity index (χ0v) is 15.7. The zero-order chi connectivity index (χ0) is 19.4. The molecule has 0 radical (unpaired) electrons. The van der Waals surface area contributed by atoms with E-state index in [1.807, 2.05) is 0 Å². The van der Waals surface area contributed by atoms with Gasteiger partial charge in [-0.05, 0) is 42.0 Å². The van der Waals surface area contributed by atoms with Crippen molar-refractivity contribution in [3.63, 3.8) is 0 Å². The van der Waals surface area contributed by atoms with Gasteiger partial charge in [-0.15, -0.1) is 0 Å². The lowest BCUT2D eigenvalue weighted by Gasteiger charge is -2.13. The number of aromatic nitrogens is 3. The Hall–Kier alpha value is -3.20. The summed E-state index contributed by atoms with van der Waals surface area (Å²) in [6.07, 6.45) is 1.56. The Morgan fingerprint density at radius 1 is 1.07 bits per heavy atom. The Morgan fingerprint density at radius 3 is 2.26 bits per heavy atom. The molecular weight excluding hydrogens is 371 g/mol. The maximum atomic E-state index is 13.0. The normalized spacial score (nSPS) is 11.0. The second-order valence-electron chi connectivity index (χ2n) is 5.37. The molecule has 0 spiro atoms. The van der Waals surface area contributed by atoms with Crippen LogP contribution in [0.2, 0.25) is 0 Å². The summed E-state index contributed by atoms with van der Waals surface area (Å²) in [5.74, 6) is 1.58. The van der Waals surface area contributed by atoms with E-state index in [-0.39, 0.29) is 5.82 Å². The summed E-state index contributed by atoms with van der Waals surface area (Å²) in [6.45, 7) is 0. The number of benzene rings is 2. The van der Waals surface area contributed by atoms with E-state index >= 15 is 0 Å². The first-order valence-electron chi connectivity index (χ1n) is 7.85. The van der Waals surface area contributed by atoms with Crippen LogP contribution >= 0.6 is 12.2 Å². The minimum Gasteiger partial charge on any atom is -0.493 e. The van der Waals surface area contributed by atoms with E-state index in [9.17, 15) is 4.39 Å². The van der Waals surface area contributed by atoms with Gasteiger partial charge in [0.15, 0.2) is 17.3 Å². The van der Waals surface area contributed by atoms with Gasteiger partial charge in [0.1, 0.15) is 5.82 Å². The van der Waals surface area contributed by atoms with Crippen LogP contribution in [0, 0.1) is 10.6 Å².